The molecule has 0 saturated carbocycles. The van der Waals surface area contributed by atoms with Gasteiger partial charge in [-0.25, -0.2) is 4.98 Å². The third kappa shape index (κ3) is 5.48. The van der Waals surface area contributed by atoms with Gasteiger partial charge >= 0.3 is 0 Å². The summed E-state index contributed by atoms with van der Waals surface area (Å²) in [4.78, 5) is 12.3. The lowest BCUT2D eigenvalue weighted by Gasteiger charge is -2.06. The van der Waals surface area contributed by atoms with Gasteiger partial charge in [-0.2, -0.15) is 0 Å². The Morgan fingerprint density at radius 3 is 2.73 bits per heavy atom. The van der Waals surface area contributed by atoms with E-state index >= 15 is 0 Å². The standard InChI is InChI=1S/C8H12N2O2.CH2O2/c1-6-3-8(9)10-4-7(6)12-5-11-2;2-1-3/h3-4H,5H2,1-2H3,(H2,9,10);1H,(H,2,3). The maximum Gasteiger partial charge on any atom is 0.290 e. The van der Waals surface area contributed by atoms with Crippen LogP contribution in [0.4, 0.5) is 5.82 Å². The van der Waals surface area contributed by atoms with Gasteiger partial charge in [-0.05, 0) is 18.6 Å². The van der Waals surface area contributed by atoms with Crippen LogP contribution in [0.25, 0.3) is 0 Å². The number of methoxy groups -OCH3 is 1. The fourth-order valence-electron chi connectivity index (χ4n) is 0.839. The van der Waals surface area contributed by atoms with Crippen LogP contribution in [0.1, 0.15) is 5.56 Å². The number of aromatic nitrogens is 1. The topological polar surface area (TPSA) is 94.7 Å². The molecule has 0 aliphatic carbocycles. The highest BCUT2D eigenvalue weighted by Crippen LogP contribution is 2.17. The number of carbonyl (C=O) groups is 1. The lowest BCUT2D eigenvalue weighted by atomic mass is 10.3. The maximum absolute atomic E-state index is 8.36. The van der Waals surface area contributed by atoms with Gasteiger partial charge < -0.3 is 20.3 Å². The van der Waals surface area contributed by atoms with Crippen molar-refractivity contribution in [2.45, 2.75) is 6.92 Å². The molecule has 3 N–H and O–H groups in total. The molecule has 0 bridgehead atoms. The zero-order valence-corrected chi connectivity index (χ0v) is 8.64. The van der Waals surface area contributed by atoms with E-state index in [0.29, 0.717) is 11.6 Å². The van der Waals surface area contributed by atoms with E-state index in [1.807, 2.05) is 6.92 Å². The number of aryl methyl sites for hydroxylation is 1. The molecular formula is C9H14N2O4. The van der Waals surface area contributed by atoms with E-state index in [4.69, 9.17) is 25.1 Å². The van der Waals surface area contributed by atoms with Crippen LogP contribution >= 0.6 is 0 Å². The predicted octanol–water partition coefficient (Wildman–Crippen LogP) is 0.656. The molecule has 0 atom stereocenters. The van der Waals surface area contributed by atoms with Crippen molar-refractivity contribution in [1.82, 2.24) is 4.98 Å². The van der Waals surface area contributed by atoms with Crippen LogP contribution in [0.2, 0.25) is 0 Å². The number of ether oxygens (including phenoxy) is 2. The molecule has 1 heterocycles. The van der Waals surface area contributed by atoms with Gasteiger partial charge in [0.2, 0.25) is 0 Å². The van der Waals surface area contributed by atoms with Crippen molar-refractivity contribution in [2.75, 3.05) is 19.6 Å². The summed E-state index contributed by atoms with van der Waals surface area (Å²) in [6.07, 6.45) is 1.59. The van der Waals surface area contributed by atoms with Gasteiger partial charge in [0.1, 0.15) is 11.6 Å². The van der Waals surface area contributed by atoms with Gasteiger partial charge in [-0.15, -0.1) is 0 Å². The van der Waals surface area contributed by atoms with Crippen molar-refractivity contribution in [1.29, 1.82) is 0 Å². The summed E-state index contributed by atoms with van der Waals surface area (Å²) < 4.78 is 9.95. The van der Waals surface area contributed by atoms with E-state index in [1.54, 1.807) is 19.4 Å². The molecule has 15 heavy (non-hydrogen) atoms. The normalized spacial score (nSPS) is 8.67. The van der Waals surface area contributed by atoms with Crippen molar-refractivity contribution in [3.63, 3.8) is 0 Å². The Bertz CT molecular complexity index is 304. The van der Waals surface area contributed by atoms with Crippen LogP contribution in [0.15, 0.2) is 12.3 Å². The lowest BCUT2D eigenvalue weighted by molar-refractivity contribution is -0.122. The summed E-state index contributed by atoms with van der Waals surface area (Å²) in [7, 11) is 1.57. The molecule has 0 amide bonds. The first kappa shape index (κ1) is 13.2. The zero-order chi connectivity index (χ0) is 11.7. The average molecular weight is 214 g/mol. The summed E-state index contributed by atoms with van der Waals surface area (Å²) >= 11 is 0. The third-order valence-electron chi connectivity index (χ3n) is 1.42. The van der Waals surface area contributed by atoms with Crippen molar-refractivity contribution < 1.29 is 19.4 Å². The van der Waals surface area contributed by atoms with E-state index in [9.17, 15) is 0 Å². The Morgan fingerprint density at radius 2 is 2.27 bits per heavy atom. The molecule has 1 rings (SSSR count). The molecule has 0 radical (unpaired) electrons. The SMILES string of the molecule is COCOc1cnc(N)cc1C.O=CO. The maximum atomic E-state index is 8.36. The van der Waals surface area contributed by atoms with E-state index in [2.05, 4.69) is 4.98 Å². The minimum absolute atomic E-state index is 0.229. The highest BCUT2D eigenvalue weighted by atomic mass is 16.7. The number of nitrogen functional groups attached to an aromatic ring is 1. The van der Waals surface area contributed by atoms with Crippen molar-refractivity contribution in [3.8, 4) is 5.75 Å². The molecule has 1 aromatic rings. The third-order valence-corrected chi connectivity index (χ3v) is 1.42. The monoisotopic (exact) mass is 214 g/mol. The quantitative estimate of drug-likeness (QED) is 0.566. The molecule has 0 unspecified atom stereocenters. The Labute approximate surface area is 87.6 Å². The van der Waals surface area contributed by atoms with Crippen LogP contribution in [0.5, 0.6) is 5.75 Å². The van der Waals surface area contributed by atoms with Gasteiger partial charge in [0, 0.05) is 7.11 Å². The van der Waals surface area contributed by atoms with Crippen LogP contribution in [-0.4, -0.2) is 30.5 Å². The molecule has 0 aromatic carbocycles. The average Bonchev–Trinajstić information content (AvgIpc) is 2.18. The first-order valence-corrected chi connectivity index (χ1v) is 4.07. The Morgan fingerprint density at radius 1 is 1.67 bits per heavy atom. The van der Waals surface area contributed by atoms with E-state index < -0.39 is 0 Å². The van der Waals surface area contributed by atoms with Crippen molar-refractivity contribution in [3.05, 3.63) is 17.8 Å². The van der Waals surface area contributed by atoms with Gasteiger partial charge in [0.15, 0.2) is 6.79 Å². The molecular weight excluding hydrogens is 200 g/mol. The molecule has 6 nitrogen and oxygen atoms in total. The fraction of sp³-hybridized carbons (Fsp3) is 0.333. The second-order valence-corrected chi connectivity index (χ2v) is 2.53. The van der Waals surface area contributed by atoms with Crippen LogP contribution in [0, 0.1) is 6.92 Å². The zero-order valence-electron chi connectivity index (χ0n) is 8.64. The van der Waals surface area contributed by atoms with Crippen molar-refractivity contribution in [2.24, 2.45) is 0 Å². The van der Waals surface area contributed by atoms with Gasteiger partial charge in [0.05, 0.1) is 6.20 Å². The number of carboxylic acid groups (broad SMARTS) is 1. The number of rotatable bonds is 3. The predicted molar refractivity (Wildman–Crippen MR) is 54.6 cm³/mol. The molecule has 0 aliphatic heterocycles. The van der Waals surface area contributed by atoms with Crippen molar-refractivity contribution >= 4 is 12.3 Å². The smallest absolute Gasteiger partial charge is 0.290 e. The highest BCUT2D eigenvalue weighted by Gasteiger charge is 1.99. The first-order valence-electron chi connectivity index (χ1n) is 4.07. The summed E-state index contributed by atoms with van der Waals surface area (Å²) in [5.74, 6) is 1.20. The molecule has 84 valence electrons. The fourth-order valence-corrected chi connectivity index (χ4v) is 0.839. The number of hydrogen-bond acceptors (Lipinski definition) is 5. The first-order chi connectivity index (χ1) is 7.15. The molecule has 0 aliphatic rings. The number of nitrogens with zero attached hydrogens (tertiary/aromatic N) is 1. The Hall–Kier alpha value is -1.82. The largest absolute Gasteiger partial charge is 0.483 e. The van der Waals surface area contributed by atoms with E-state index in [-0.39, 0.29) is 13.3 Å². The van der Waals surface area contributed by atoms with Crippen LogP contribution in [0.3, 0.4) is 0 Å². The summed E-state index contributed by atoms with van der Waals surface area (Å²) in [6.45, 7) is 1.88. The molecule has 0 saturated heterocycles. The van der Waals surface area contributed by atoms with E-state index in [0.717, 1.165) is 5.56 Å². The Balaban J connectivity index is 0.000000583. The number of anilines is 1. The van der Waals surface area contributed by atoms with Crippen LogP contribution < -0.4 is 10.5 Å². The lowest BCUT2D eigenvalue weighted by Crippen LogP contribution is -2.01. The second-order valence-electron chi connectivity index (χ2n) is 2.53. The number of pyridine rings is 1. The molecule has 0 spiro atoms. The molecule has 6 heteroatoms. The molecule has 1 aromatic heterocycles. The van der Waals surface area contributed by atoms with Crippen LogP contribution in [-0.2, 0) is 9.53 Å². The number of nitrogens with two attached hydrogens (primary N) is 1. The summed E-state index contributed by atoms with van der Waals surface area (Å²) in [5.41, 5.74) is 6.42. The Kier molecular flexibility index (Phi) is 6.65. The number of hydrogen-bond donors (Lipinski definition) is 2. The summed E-state index contributed by atoms with van der Waals surface area (Å²) in [6, 6.07) is 1.75. The van der Waals surface area contributed by atoms with Gasteiger partial charge in [-0.3, -0.25) is 4.79 Å². The van der Waals surface area contributed by atoms with E-state index in [1.165, 1.54) is 0 Å². The minimum Gasteiger partial charge on any atom is -0.483 e. The van der Waals surface area contributed by atoms with Gasteiger partial charge in [-0.1, -0.05) is 0 Å². The minimum atomic E-state index is -0.250. The highest BCUT2D eigenvalue weighted by molar-refractivity contribution is 5.39. The molecule has 0 fully saturated rings. The summed E-state index contributed by atoms with van der Waals surface area (Å²) in [5, 5.41) is 6.89. The van der Waals surface area contributed by atoms with Gasteiger partial charge in [0.25, 0.3) is 6.47 Å². The second kappa shape index (κ2) is 7.57.